The Hall–Kier alpha value is -0.190. The van der Waals surface area contributed by atoms with Crippen LogP contribution in [0.25, 0.3) is 0 Å². The molecule has 1 amide bonds. The molecule has 1 fully saturated rings. The van der Waals surface area contributed by atoms with E-state index in [1.807, 2.05) is 21.0 Å². The number of quaternary nitrogens is 1. The van der Waals surface area contributed by atoms with Crippen molar-refractivity contribution in [1.82, 2.24) is 5.32 Å². The number of nitrogens with zero attached hydrogens (tertiary/aromatic N) is 1. The smallest absolute Gasteiger partial charge is 0.408 e. The second kappa shape index (κ2) is 4.76. The first-order valence-corrected chi connectivity index (χ1v) is 5.17. The van der Waals surface area contributed by atoms with Gasteiger partial charge in [-0.15, -0.1) is 0 Å². The van der Waals surface area contributed by atoms with E-state index in [0.29, 0.717) is 11.1 Å². The average Bonchev–Trinajstić information content (AvgIpc) is 2.46. The quantitative estimate of drug-likeness (QED) is 0.366. The van der Waals surface area contributed by atoms with Crippen LogP contribution < -0.4 is 17.7 Å². The maximum atomic E-state index is 11.0. The van der Waals surface area contributed by atoms with Gasteiger partial charge < -0.3 is 26.9 Å². The molecule has 2 atom stereocenters. The number of nitrogens with one attached hydrogen (secondary N) is 1. The Labute approximate surface area is 102 Å². The monoisotopic (exact) mass is 256 g/mol. The van der Waals surface area contributed by atoms with Gasteiger partial charge in [0.05, 0.1) is 20.6 Å². The van der Waals surface area contributed by atoms with E-state index >= 15 is 0 Å². The standard InChI is InChI=1S/C9H17ClN2O2.ClH/c1-5-12(3,4)7(10)9(2)6-14-8(13)11-9;/h7H,5-6H2,1-4H3;1H. The first-order valence-electron chi connectivity index (χ1n) is 4.73. The zero-order valence-corrected chi connectivity index (χ0v) is 11.0. The lowest BCUT2D eigenvalue weighted by Crippen LogP contribution is -3.00. The third-order valence-electron chi connectivity index (χ3n) is 2.85. The lowest BCUT2D eigenvalue weighted by Gasteiger charge is -2.40. The van der Waals surface area contributed by atoms with Crippen molar-refractivity contribution in [3.8, 4) is 0 Å². The molecule has 0 bridgehead atoms. The molecule has 4 nitrogen and oxygen atoms in total. The van der Waals surface area contributed by atoms with Crippen molar-refractivity contribution in [2.24, 2.45) is 0 Å². The van der Waals surface area contributed by atoms with Crippen molar-refractivity contribution in [3.05, 3.63) is 0 Å². The summed E-state index contributed by atoms with van der Waals surface area (Å²) >= 11 is 6.36. The van der Waals surface area contributed by atoms with Crippen LogP contribution in [0.15, 0.2) is 0 Å². The second-order valence-corrected chi connectivity index (χ2v) is 4.96. The summed E-state index contributed by atoms with van der Waals surface area (Å²) < 4.78 is 5.53. The largest absolute Gasteiger partial charge is 1.00 e. The number of alkyl halides is 1. The van der Waals surface area contributed by atoms with Gasteiger partial charge in [0.2, 0.25) is 0 Å². The van der Waals surface area contributed by atoms with Crippen molar-refractivity contribution >= 4 is 17.7 Å². The Morgan fingerprint density at radius 2 is 2.20 bits per heavy atom. The van der Waals surface area contributed by atoms with E-state index in [0.717, 1.165) is 6.54 Å². The number of amides is 1. The molecule has 90 valence electrons. The molecule has 15 heavy (non-hydrogen) atoms. The third kappa shape index (κ3) is 2.89. The van der Waals surface area contributed by atoms with Gasteiger partial charge in [-0.1, -0.05) is 11.6 Å². The van der Waals surface area contributed by atoms with Crippen LogP contribution in [-0.2, 0) is 4.74 Å². The van der Waals surface area contributed by atoms with Gasteiger partial charge in [0.1, 0.15) is 12.1 Å². The fraction of sp³-hybridized carbons (Fsp3) is 0.889. The highest BCUT2D eigenvalue weighted by Crippen LogP contribution is 2.27. The minimum atomic E-state index is -0.474. The van der Waals surface area contributed by atoms with Crippen LogP contribution in [-0.4, -0.2) is 48.9 Å². The lowest BCUT2D eigenvalue weighted by molar-refractivity contribution is -0.904. The molecule has 1 N–H and O–H groups in total. The number of halogens is 2. The summed E-state index contributed by atoms with van der Waals surface area (Å²) in [5, 5.41) is 2.76. The van der Waals surface area contributed by atoms with Crippen molar-refractivity contribution < 1.29 is 26.4 Å². The average molecular weight is 257 g/mol. The molecule has 1 saturated heterocycles. The maximum Gasteiger partial charge on any atom is 0.408 e. The molecule has 0 aromatic carbocycles. The molecule has 0 saturated carbocycles. The Balaban J connectivity index is 0.00000196. The van der Waals surface area contributed by atoms with E-state index in [2.05, 4.69) is 12.2 Å². The number of carbonyl (C=O) groups excluding carboxylic acids is 1. The van der Waals surface area contributed by atoms with Crippen LogP contribution in [0.5, 0.6) is 0 Å². The molecule has 0 aromatic heterocycles. The molecular weight excluding hydrogens is 239 g/mol. The van der Waals surface area contributed by atoms with Crippen LogP contribution >= 0.6 is 11.6 Å². The molecule has 0 spiro atoms. The Kier molecular flexibility index (Phi) is 4.70. The van der Waals surface area contributed by atoms with E-state index in [4.69, 9.17) is 16.3 Å². The van der Waals surface area contributed by atoms with Gasteiger partial charge >= 0.3 is 6.09 Å². The van der Waals surface area contributed by atoms with Crippen LogP contribution in [0.4, 0.5) is 4.79 Å². The van der Waals surface area contributed by atoms with E-state index in [1.54, 1.807) is 0 Å². The number of hydrogen-bond donors (Lipinski definition) is 1. The van der Waals surface area contributed by atoms with E-state index in [1.165, 1.54) is 0 Å². The van der Waals surface area contributed by atoms with E-state index < -0.39 is 5.54 Å². The number of alkyl carbamates (subject to hydrolysis) is 1. The van der Waals surface area contributed by atoms with Gasteiger partial charge in [-0.05, 0) is 13.8 Å². The van der Waals surface area contributed by atoms with Crippen molar-refractivity contribution in [2.45, 2.75) is 24.9 Å². The zero-order valence-electron chi connectivity index (χ0n) is 9.51. The van der Waals surface area contributed by atoms with Gasteiger partial charge in [0.15, 0.2) is 5.50 Å². The molecule has 1 aliphatic heterocycles. The van der Waals surface area contributed by atoms with Gasteiger partial charge in [0, 0.05) is 0 Å². The van der Waals surface area contributed by atoms with E-state index in [-0.39, 0.29) is 24.0 Å². The summed E-state index contributed by atoms with van der Waals surface area (Å²) in [7, 11) is 4.07. The second-order valence-electron chi connectivity index (χ2n) is 4.55. The molecule has 0 radical (unpaired) electrons. The summed E-state index contributed by atoms with van der Waals surface area (Å²) in [6.45, 7) is 5.21. The molecule has 2 unspecified atom stereocenters. The normalized spacial score (nSPS) is 27.7. The van der Waals surface area contributed by atoms with Crippen molar-refractivity contribution in [1.29, 1.82) is 0 Å². The Morgan fingerprint density at radius 3 is 2.53 bits per heavy atom. The highest BCUT2D eigenvalue weighted by molar-refractivity contribution is 6.20. The van der Waals surface area contributed by atoms with Crippen molar-refractivity contribution in [3.63, 3.8) is 0 Å². The van der Waals surface area contributed by atoms with Crippen LogP contribution in [0.1, 0.15) is 13.8 Å². The molecule has 0 aromatic rings. The number of cyclic esters (lactones) is 1. The number of ether oxygens (including phenoxy) is 1. The predicted molar refractivity (Wildman–Crippen MR) is 55.2 cm³/mol. The molecule has 1 rings (SSSR count). The summed E-state index contributed by atoms with van der Waals surface area (Å²) in [4.78, 5) is 11.0. The van der Waals surface area contributed by atoms with Gasteiger partial charge in [-0.3, -0.25) is 0 Å². The minimum absolute atomic E-state index is 0. The van der Waals surface area contributed by atoms with Gasteiger partial charge in [-0.25, -0.2) is 4.79 Å². The van der Waals surface area contributed by atoms with Gasteiger partial charge in [-0.2, -0.15) is 0 Å². The highest BCUT2D eigenvalue weighted by Gasteiger charge is 2.48. The minimum Gasteiger partial charge on any atom is -1.00 e. The first-order chi connectivity index (χ1) is 6.32. The zero-order chi connectivity index (χ0) is 11.0. The lowest BCUT2D eigenvalue weighted by atomic mass is 10.0. The molecule has 6 heteroatoms. The molecule has 0 aliphatic carbocycles. The number of hydrogen-bond acceptors (Lipinski definition) is 2. The van der Waals surface area contributed by atoms with Crippen molar-refractivity contribution in [2.75, 3.05) is 27.2 Å². The SMILES string of the molecule is CC[N+](C)(C)C(Cl)C1(C)COC(=O)N1.[Cl-]. The molecule has 1 aliphatic rings. The summed E-state index contributed by atoms with van der Waals surface area (Å²) in [5.74, 6) is 0. The predicted octanol–water partition coefficient (Wildman–Crippen LogP) is -1.85. The number of carbonyl (C=O) groups is 1. The summed E-state index contributed by atoms with van der Waals surface area (Å²) in [6.07, 6.45) is -0.380. The van der Waals surface area contributed by atoms with Gasteiger partial charge in [0.25, 0.3) is 0 Å². The number of rotatable bonds is 3. The summed E-state index contributed by atoms with van der Waals surface area (Å²) in [6, 6.07) is 0. The highest BCUT2D eigenvalue weighted by atomic mass is 35.5. The topological polar surface area (TPSA) is 38.3 Å². The third-order valence-corrected chi connectivity index (χ3v) is 3.86. The fourth-order valence-electron chi connectivity index (χ4n) is 1.58. The van der Waals surface area contributed by atoms with Crippen LogP contribution in [0.3, 0.4) is 0 Å². The maximum absolute atomic E-state index is 11.0. The van der Waals surface area contributed by atoms with Crippen LogP contribution in [0.2, 0.25) is 0 Å². The number of likely N-dealkylation sites (N-methyl/N-ethyl adjacent to an activating group) is 1. The molecular formula is C9H18Cl2N2O2. The summed E-state index contributed by atoms with van der Waals surface area (Å²) in [5.41, 5.74) is -0.669. The van der Waals surface area contributed by atoms with Crippen LogP contribution in [0, 0.1) is 0 Å². The molecule has 1 heterocycles. The Morgan fingerprint density at radius 1 is 1.67 bits per heavy atom. The Bertz CT molecular complexity index is 248. The first kappa shape index (κ1) is 14.8. The fourth-order valence-corrected chi connectivity index (χ4v) is 1.84. The van der Waals surface area contributed by atoms with E-state index in [9.17, 15) is 4.79 Å².